The lowest BCUT2D eigenvalue weighted by Gasteiger charge is -2.09. The number of hydrogen-bond donors (Lipinski definition) is 2. The smallest absolute Gasteiger partial charge is 0.277 e. The molecule has 0 bridgehead atoms. The molecule has 5 nitrogen and oxygen atoms in total. The Morgan fingerprint density at radius 3 is 2.70 bits per heavy atom. The second-order valence-corrected chi connectivity index (χ2v) is 7.42. The number of aryl methyl sites for hydroxylation is 2. The quantitative estimate of drug-likeness (QED) is 0.425. The van der Waals surface area contributed by atoms with Gasteiger partial charge in [-0.05, 0) is 61.2 Å². The van der Waals surface area contributed by atoms with Crippen molar-refractivity contribution in [2.75, 3.05) is 6.61 Å². The van der Waals surface area contributed by atoms with Crippen molar-refractivity contribution >= 4 is 23.7 Å². The fourth-order valence-electron chi connectivity index (χ4n) is 2.99. The first-order valence-corrected chi connectivity index (χ1v) is 9.87. The zero-order valence-electron chi connectivity index (χ0n) is 16.9. The molecule has 154 valence electrons. The van der Waals surface area contributed by atoms with Gasteiger partial charge in [0.2, 0.25) is 0 Å². The Hall–Kier alpha value is -3.31. The summed E-state index contributed by atoms with van der Waals surface area (Å²) < 4.78 is 5.53. The fourth-order valence-corrected chi connectivity index (χ4v) is 3.19. The standard InChI is InChI=1S/C24H23ClN2O3/c1-16-7-10-23(17(2)11-16)30-15-24(29)27-26-14-20-13-18(8-9-22(20)28)12-19-5-3-4-6-21(19)25/h3-11,13-14,28H,12,15H2,1-2H3,(H,27,29)/b26-14+. The summed E-state index contributed by atoms with van der Waals surface area (Å²) >= 11 is 6.22. The molecular formula is C24H23ClN2O3. The molecule has 0 aliphatic heterocycles. The van der Waals surface area contributed by atoms with E-state index in [9.17, 15) is 9.90 Å². The van der Waals surface area contributed by atoms with Crippen molar-refractivity contribution in [3.63, 3.8) is 0 Å². The van der Waals surface area contributed by atoms with E-state index < -0.39 is 5.91 Å². The number of halogens is 1. The molecule has 0 aliphatic carbocycles. The largest absolute Gasteiger partial charge is 0.507 e. The van der Waals surface area contributed by atoms with Crippen LogP contribution in [0.1, 0.15) is 27.8 Å². The van der Waals surface area contributed by atoms with Crippen molar-refractivity contribution in [2.45, 2.75) is 20.3 Å². The van der Waals surface area contributed by atoms with Crippen LogP contribution in [0.5, 0.6) is 11.5 Å². The number of rotatable bonds is 7. The highest BCUT2D eigenvalue weighted by molar-refractivity contribution is 6.31. The molecule has 0 saturated heterocycles. The molecule has 3 aromatic carbocycles. The summed E-state index contributed by atoms with van der Waals surface area (Å²) in [5.41, 5.74) is 6.96. The molecule has 30 heavy (non-hydrogen) atoms. The number of benzene rings is 3. The minimum atomic E-state index is -0.391. The zero-order chi connectivity index (χ0) is 21.5. The molecule has 3 rings (SSSR count). The Kier molecular flexibility index (Phi) is 7.09. The molecule has 0 spiro atoms. The molecule has 1 amide bonds. The second kappa shape index (κ2) is 9.94. The number of hydrogen-bond acceptors (Lipinski definition) is 4. The van der Waals surface area contributed by atoms with Gasteiger partial charge in [-0.1, -0.05) is 53.6 Å². The summed E-state index contributed by atoms with van der Waals surface area (Å²) in [5, 5.41) is 14.7. The lowest BCUT2D eigenvalue weighted by atomic mass is 10.0. The van der Waals surface area contributed by atoms with Crippen LogP contribution in [-0.2, 0) is 11.2 Å². The third-order valence-electron chi connectivity index (χ3n) is 4.53. The second-order valence-electron chi connectivity index (χ2n) is 7.01. The highest BCUT2D eigenvalue weighted by atomic mass is 35.5. The minimum Gasteiger partial charge on any atom is -0.507 e. The summed E-state index contributed by atoms with van der Waals surface area (Å²) in [7, 11) is 0. The number of hydrazone groups is 1. The first-order chi connectivity index (χ1) is 14.4. The molecule has 0 unspecified atom stereocenters. The molecule has 6 heteroatoms. The molecule has 0 heterocycles. The van der Waals surface area contributed by atoms with E-state index in [1.54, 1.807) is 12.1 Å². The van der Waals surface area contributed by atoms with Crippen molar-refractivity contribution in [1.82, 2.24) is 5.43 Å². The third-order valence-corrected chi connectivity index (χ3v) is 4.90. The van der Waals surface area contributed by atoms with Crippen LogP contribution in [0.3, 0.4) is 0 Å². The summed E-state index contributed by atoms with van der Waals surface area (Å²) in [6.07, 6.45) is 2.03. The Bertz CT molecular complexity index is 1080. The number of nitrogens with one attached hydrogen (secondary N) is 1. The minimum absolute atomic E-state index is 0.0717. The van der Waals surface area contributed by atoms with E-state index in [1.165, 1.54) is 6.21 Å². The van der Waals surface area contributed by atoms with E-state index in [-0.39, 0.29) is 12.4 Å². The van der Waals surface area contributed by atoms with Gasteiger partial charge in [0.1, 0.15) is 11.5 Å². The monoisotopic (exact) mass is 422 g/mol. The summed E-state index contributed by atoms with van der Waals surface area (Å²) in [6, 6.07) is 18.6. The van der Waals surface area contributed by atoms with Crippen LogP contribution >= 0.6 is 11.6 Å². The SMILES string of the molecule is Cc1ccc(OCC(=O)N/N=C/c2cc(Cc3ccccc3Cl)ccc2O)c(C)c1. The first kappa shape index (κ1) is 21.4. The van der Waals surface area contributed by atoms with Gasteiger partial charge in [0.05, 0.1) is 6.21 Å². The van der Waals surface area contributed by atoms with Gasteiger partial charge in [-0.25, -0.2) is 5.43 Å². The number of carbonyl (C=O) groups excluding carboxylic acids is 1. The van der Waals surface area contributed by atoms with Crippen LogP contribution in [0.25, 0.3) is 0 Å². The molecule has 0 saturated carbocycles. The van der Waals surface area contributed by atoms with Crippen molar-refractivity contribution in [2.24, 2.45) is 5.10 Å². The summed E-state index contributed by atoms with van der Waals surface area (Å²) in [5.74, 6) is 0.338. The van der Waals surface area contributed by atoms with Gasteiger partial charge in [0.25, 0.3) is 5.91 Å². The lowest BCUT2D eigenvalue weighted by Crippen LogP contribution is -2.24. The average molecular weight is 423 g/mol. The van der Waals surface area contributed by atoms with E-state index in [4.69, 9.17) is 16.3 Å². The van der Waals surface area contributed by atoms with Crippen LogP contribution in [0.4, 0.5) is 0 Å². The predicted octanol–water partition coefficient (Wildman–Crippen LogP) is 4.78. The van der Waals surface area contributed by atoms with Gasteiger partial charge in [-0.3, -0.25) is 4.79 Å². The van der Waals surface area contributed by atoms with Gasteiger partial charge in [0.15, 0.2) is 6.61 Å². The zero-order valence-corrected chi connectivity index (χ0v) is 17.6. The maximum absolute atomic E-state index is 12.0. The van der Waals surface area contributed by atoms with Gasteiger partial charge in [-0.15, -0.1) is 0 Å². The number of aromatic hydroxyl groups is 1. The molecule has 3 aromatic rings. The van der Waals surface area contributed by atoms with Gasteiger partial charge >= 0.3 is 0 Å². The van der Waals surface area contributed by atoms with Crippen molar-refractivity contribution in [3.8, 4) is 11.5 Å². The molecule has 0 atom stereocenters. The van der Waals surface area contributed by atoms with Crippen LogP contribution in [-0.4, -0.2) is 23.8 Å². The first-order valence-electron chi connectivity index (χ1n) is 9.49. The molecular weight excluding hydrogens is 400 g/mol. The van der Waals surface area contributed by atoms with Gasteiger partial charge < -0.3 is 9.84 Å². The summed E-state index contributed by atoms with van der Waals surface area (Å²) in [6.45, 7) is 3.77. The normalized spacial score (nSPS) is 10.9. The predicted molar refractivity (Wildman–Crippen MR) is 120 cm³/mol. The highest BCUT2D eigenvalue weighted by Gasteiger charge is 2.06. The Labute approximate surface area is 181 Å². The molecule has 0 aromatic heterocycles. The van der Waals surface area contributed by atoms with Crippen LogP contribution < -0.4 is 10.2 Å². The average Bonchev–Trinajstić information content (AvgIpc) is 2.71. The fraction of sp³-hybridized carbons (Fsp3) is 0.167. The number of phenolic OH excluding ortho intramolecular Hbond substituents is 1. The number of amides is 1. The maximum atomic E-state index is 12.0. The number of nitrogens with zero attached hydrogens (tertiary/aromatic N) is 1. The van der Waals surface area contributed by atoms with Crippen LogP contribution in [0.2, 0.25) is 5.02 Å². The maximum Gasteiger partial charge on any atom is 0.277 e. The van der Waals surface area contributed by atoms with E-state index in [0.717, 1.165) is 22.3 Å². The topological polar surface area (TPSA) is 70.9 Å². The summed E-state index contributed by atoms with van der Waals surface area (Å²) in [4.78, 5) is 12.0. The van der Waals surface area contributed by atoms with Crippen molar-refractivity contribution < 1.29 is 14.6 Å². The van der Waals surface area contributed by atoms with Gasteiger partial charge in [-0.2, -0.15) is 5.10 Å². The number of phenols is 1. The van der Waals surface area contributed by atoms with E-state index in [1.807, 2.05) is 62.4 Å². The van der Waals surface area contributed by atoms with Crippen LogP contribution in [0, 0.1) is 13.8 Å². The Morgan fingerprint density at radius 2 is 1.93 bits per heavy atom. The molecule has 2 N–H and O–H groups in total. The molecule has 0 fully saturated rings. The molecule has 0 aliphatic rings. The van der Waals surface area contributed by atoms with E-state index in [2.05, 4.69) is 10.5 Å². The third kappa shape index (κ3) is 5.84. The Balaban J connectivity index is 1.58. The van der Waals surface area contributed by atoms with Gasteiger partial charge in [0, 0.05) is 10.6 Å². The van der Waals surface area contributed by atoms with Crippen molar-refractivity contribution in [3.05, 3.63) is 93.5 Å². The number of carbonyl (C=O) groups is 1. The highest BCUT2D eigenvalue weighted by Crippen LogP contribution is 2.22. The van der Waals surface area contributed by atoms with E-state index in [0.29, 0.717) is 22.8 Å². The van der Waals surface area contributed by atoms with Crippen molar-refractivity contribution in [1.29, 1.82) is 0 Å². The number of ether oxygens (including phenoxy) is 1. The van der Waals surface area contributed by atoms with E-state index >= 15 is 0 Å². The lowest BCUT2D eigenvalue weighted by molar-refractivity contribution is -0.123. The van der Waals surface area contributed by atoms with Crippen LogP contribution in [0.15, 0.2) is 65.8 Å². The molecule has 0 radical (unpaired) electrons. The Morgan fingerprint density at radius 1 is 1.13 bits per heavy atom.